The number of unbranched alkanes of at least 4 members (excludes halogenated alkanes) is 2. The van der Waals surface area contributed by atoms with Crippen molar-refractivity contribution in [2.24, 2.45) is 0 Å². The Morgan fingerprint density at radius 1 is 0.724 bits per heavy atom. The molecule has 0 bridgehead atoms. The van der Waals surface area contributed by atoms with Gasteiger partial charge < -0.3 is 8.61 Å². The summed E-state index contributed by atoms with van der Waals surface area (Å²) in [6, 6.07) is 0. The van der Waals surface area contributed by atoms with Crippen LogP contribution in [0.2, 0.25) is 0 Å². The van der Waals surface area contributed by atoms with E-state index in [1.807, 2.05) is 0 Å². The largest absolute Gasteiger partial charge is 0.480 e. The first-order chi connectivity index (χ1) is 13.0. The highest BCUT2D eigenvalue weighted by atomic mass is 32.3. The lowest BCUT2D eigenvalue weighted by molar-refractivity contribution is -0.932. The summed E-state index contributed by atoms with van der Waals surface area (Å²) in [6.45, 7) is 10.5. The Labute approximate surface area is 168 Å². The summed E-state index contributed by atoms with van der Waals surface area (Å²) in [5, 5.41) is 0. The first-order valence-electron chi connectivity index (χ1n) is 9.25. The van der Waals surface area contributed by atoms with Gasteiger partial charge in [0.15, 0.2) is 20.0 Å². The van der Waals surface area contributed by atoms with Gasteiger partial charge in [-0.1, -0.05) is 26.7 Å². The van der Waals surface area contributed by atoms with Gasteiger partial charge in [-0.25, -0.2) is 16.8 Å². The average molecular weight is 479 g/mol. The summed E-state index contributed by atoms with van der Waals surface area (Å²) in [5.74, 6) is 0. The van der Waals surface area contributed by atoms with Crippen molar-refractivity contribution in [3.8, 4) is 0 Å². The lowest BCUT2D eigenvalue weighted by atomic mass is 10.1. The molecule has 1 heterocycles. The second kappa shape index (κ2) is 11.1. The van der Waals surface area contributed by atoms with E-state index in [9.17, 15) is 43.2 Å². The maximum Gasteiger partial charge on any atom is 0.480 e. The van der Waals surface area contributed by atoms with Crippen LogP contribution in [0.25, 0.3) is 4.13 Å². The van der Waals surface area contributed by atoms with Gasteiger partial charge in [0.1, 0.15) is 0 Å². The van der Waals surface area contributed by atoms with Crippen LogP contribution < -0.4 is 0 Å². The van der Waals surface area contributed by atoms with Crippen LogP contribution >= 0.6 is 0 Å². The molecule has 1 saturated heterocycles. The second-order valence-corrected chi connectivity index (χ2v) is 10.3. The quantitative estimate of drug-likeness (QED) is 0.376. The number of hydrogen-bond acceptors (Lipinski definition) is 4. The van der Waals surface area contributed by atoms with E-state index in [1.54, 1.807) is 0 Å². The van der Waals surface area contributed by atoms with Crippen LogP contribution in [0.3, 0.4) is 0 Å². The lowest BCUT2D eigenvalue weighted by Gasteiger charge is -2.41. The third kappa shape index (κ3) is 9.39. The van der Waals surface area contributed by atoms with Crippen LogP contribution in [0.4, 0.5) is 26.3 Å². The van der Waals surface area contributed by atoms with Gasteiger partial charge in [-0.15, -0.1) is 0 Å². The molecule has 1 aliphatic heterocycles. The number of sulfonamides is 2. The molecule has 6 nitrogen and oxygen atoms in total. The summed E-state index contributed by atoms with van der Waals surface area (Å²) >= 11 is 0. The van der Waals surface area contributed by atoms with Gasteiger partial charge in [0.2, 0.25) is 0 Å². The number of quaternary nitrogens is 1. The molecule has 0 saturated carbocycles. The molecule has 0 amide bonds. The molecule has 0 aromatic carbocycles. The minimum Gasteiger partial charge on any atom is -0.421 e. The summed E-state index contributed by atoms with van der Waals surface area (Å²) < 4.78 is 111. The maximum absolute atomic E-state index is 11.4. The van der Waals surface area contributed by atoms with E-state index in [-0.39, 0.29) is 0 Å². The fourth-order valence-electron chi connectivity index (χ4n) is 2.94. The van der Waals surface area contributed by atoms with E-state index in [4.69, 9.17) is 0 Å². The maximum atomic E-state index is 11.4. The molecular formula is C15H28F6N2O4S2. The van der Waals surface area contributed by atoms with E-state index in [1.165, 1.54) is 75.6 Å². The van der Waals surface area contributed by atoms with Crippen molar-refractivity contribution >= 4 is 20.0 Å². The van der Waals surface area contributed by atoms with Crippen molar-refractivity contribution in [2.45, 2.75) is 69.8 Å². The van der Waals surface area contributed by atoms with Crippen molar-refractivity contribution < 1.29 is 47.7 Å². The van der Waals surface area contributed by atoms with E-state index in [2.05, 4.69) is 13.8 Å². The minimum absolute atomic E-state index is 0.778. The summed E-state index contributed by atoms with van der Waals surface area (Å²) in [7, 11) is -13.4. The Morgan fingerprint density at radius 3 is 1.34 bits per heavy atom. The van der Waals surface area contributed by atoms with Gasteiger partial charge >= 0.3 is 11.0 Å². The number of likely N-dealkylation sites (tertiary alicyclic amines) is 1. The van der Waals surface area contributed by atoms with Crippen LogP contribution in [0, 0.1) is 0 Å². The molecule has 0 atom stereocenters. The molecule has 0 aliphatic carbocycles. The highest BCUT2D eigenvalue weighted by Crippen LogP contribution is 2.36. The zero-order valence-corrected chi connectivity index (χ0v) is 18.0. The fraction of sp³-hybridized carbons (Fsp3) is 1.00. The van der Waals surface area contributed by atoms with Crippen LogP contribution in [-0.2, 0) is 20.0 Å². The first-order valence-corrected chi connectivity index (χ1v) is 12.1. The number of hydrogen-bond donors (Lipinski definition) is 0. The number of halogens is 6. The van der Waals surface area contributed by atoms with Crippen LogP contribution in [0.15, 0.2) is 0 Å². The van der Waals surface area contributed by atoms with Crippen molar-refractivity contribution in [2.75, 3.05) is 26.2 Å². The number of alkyl halides is 6. The van der Waals surface area contributed by atoms with Gasteiger partial charge in [0.25, 0.3) is 0 Å². The molecule has 0 spiro atoms. The Hall–Kier alpha value is -0.600. The van der Waals surface area contributed by atoms with Crippen molar-refractivity contribution in [1.82, 2.24) is 0 Å². The van der Waals surface area contributed by atoms with Crippen molar-refractivity contribution in [3.63, 3.8) is 0 Å². The summed E-state index contributed by atoms with van der Waals surface area (Å²) in [6.07, 6.45) is 10.0. The van der Waals surface area contributed by atoms with Crippen molar-refractivity contribution in [1.29, 1.82) is 0 Å². The molecule has 0 radical (unpaired) electrons. The fourth-order valence-corrected chi connectivity index (χ4v) is 4.65. The summed E-state index contributed by atoms with van der Waals surface area (Å²) in [4.78, 5) is 0. The predicted octanol–water partition coefficient (Wildman–Crippen LogP) is 4.65. The van der Waals surface area contributed by atoms with E-state index < -0.39 is 31.1 Å². The van der Waals surface area contributed by atoms with E-state index in [0.29, 0.717) is 0 Å². The molecule has 176 valence electrons. The predicted molar refractivity (Wildman–Crippen MR) is 96.7 cm³/mol. The van der Waals surface area contributed by atoms with Gasteiger partial charge in [-0.2, -0.15) is 26.3 Å². The lowest BCUT2D eigenvalue weighted by Crippen LogP contribution is -2.52. The molecule has 0 N–H and O–H groups in total. The monoisotopic (exact) mass is 478 g/mol. The molecule has 0 aromatic rings. The van der Waals surface area contributed by atoms with Crippen molar-refractivity contribution in [3.05, 3.63) is 4.13 Å². The molecule has 29 heavy (non-hydrogen) atoms. The minimum atomic E-state index is -6.72. The molecular weight excluding hydrogens is 450 g/mol. The first kappa shape index (κ1) is 28.4. The standard InChI is InChI=1S/C13H28N.C2F6NO4S2/c1-3-5-10-14(11-6-4-2)12-8-7-9-13-14;3-1(4,5)14(10,11)9-15(12,13)2(6,7)8/h3-13H2,1-2H3;/q+1;-1. The van der Waals surface area contributed by atoms with E-state index >= 15 is 0 Å². The van der Waals surface area contributed by atoms with Gasteiger partial charge in [0, 0.05) is 0 Å². The van der Waals surface area contributed by atoms with Crippen LogP contribution in [0.5, 0.6) is 0 Å². The third-order valence-electron chi connectivity index (χ3n) is 4.52. The zero-order chi connectivity index (χ0) is 23.0. The number of nitrogens with zero attached hydrogens (tertiary/aromatic N) is 2. The molecule has 1 aliphatic rings. The second-order valence-electron chi connectivity index (χ2n) is 6.92. The normalized spacial score (nSPS) is 18.1. The highest BCUT2D eigenvalue weighted by molar-refractivity contribution is 8.13. The Balaban J connectivity index is 0.000000541. The van der Waals surface area contributed by atoms with Crippen LogP contribution in [-0.4, -0.2) is 58.5 Å². The SMILES string of the molecule is CCCC[N+]1(CCCC)CCCCC1.O=S(=O)([N-]S(=O)(=O)C(F)(F)F)C(F)(F)F. The summed E-state index contributed by atoms with van der Waals surface area (Å²) in [5.41, 5.74) is -12.4. The molecule has 1 rings (SSSR count). The van der Waals surface area contributed by atoms with Crippen LogP contribution in [0.1, 0.15) is 58.8 Å². The van der Waals surface area contributed by atoms with Gasteiger partial charge in [-0.05, 0) is 32.1 Å². The topological polar surface area (TPSA) is 82.4 Å². The molecule has 14 heteroatoms. The third-order valence-corrected chi connectivity index (χ3v) is 7.26. The smallest absolute Gasteiger partial charge is 0.421 e. The molecule has 0 aromatic heterocycles. The number of piperidine rings is 1. The molecule has 0 unspecified atom stereocenters. The average Bonchev–Trinajstić information content (AvgIpc) is 2.57. The Kier molecular flexibility index (Phi) is 10.9. The molecule has 1 fully saturated rings. The highest BCUT2D eigenvalue weighted by Gasteiger charge is 2.46. The van der Waals surface area contributed by atoms with E-state index in [0.717, 1.165) is 4.13 Å². The number of rotatable bonds is 8. The zero-order valence-electron chi connectivity index (χ0n) is 16.4. The van der Waals surface area contributed by atoms with Gasteiger partial charge in [0.05, 0.1) is 26.2 Å². The Bertz CT molecular complexity index is 633. The van der Waals surface area contributed by atoms with Gasteiger partial charge in [-0.3, -0.25) is 0 Å². The Morgan fingerprint density at radius 2 is 1.07 bits per heavy atom.